The summed E-state index contributed by atoms with van der Waals surface area (Å²) >= 11 is 0. The van der Waals surface area contributed by atoms with Crippen LogP contribution < -0.4 is 15.4 Å². The number of halogens is 2. The number of hydrogen-bond acceptors (Lipinski definition) is 3. The first-order valence-electron chi connectivity index (χ1n) is 8.54. The summed E-state index contributed by atoms with van der Waals surface area (Å²) in [5.74, 6) is 0.830. The standard InChI is InChI=1S/C20H23FN4O.HI/c1-3-23-20(25-14-17-7-4-6-16(10-17)12-22)24-13-15(2)26-19-9-5-8-18(21)11-19;/h4-11,15H,3,13-14H2,1-2H3,(H2,23,24,25);1H. The van der Waals surface area contributed by atoms with E-state index in [-0.39, 0.29) is 35.9 Å². The summed E-state index contributed by atoms with van der Waals surface area (Å²) in [6.45, 7) is 5.59. The highest BCUT2D eigenvalue weighted by atomic mass is 127. The summed E-state index contributed by atoms with van der Waals surface area (Å²) in [6, 6.07) is 15.6. The molecule has 0 aliphatic rings. The van der Waals surface area contributed by atoms with Crippen molar-refractivity contribution in [1.29, 1.82) is 5.26 Å². The van der Waals surface area contributed by atoms with Crippen LogP contribution in [0.25, 0.3) is 0 Å². The maximum absolute atomic E-state index is 13.2. The summed E-state index contributed by atoms with van der Waals surface area (Å²) in [4.78, 5) is 4.52. The van der Waals surface area contributed by atoms with Gasteiger partial charge in [-0.15, -0.1) is 24.0 Å². The van der Waals surface area contributed by atoms with Gasteiger partial charge in [0.1, 0.15) is 17.7 Å². The molecule has 1 unspecified atom stereocenters. The van der Waals surface area contributed by atoms with E-state index in [1.165, 1.54) is 12.1 Å². The zero-order valence-corrected chi connectivity index (χ0v) is 17.7. The van der Waals surface area contributed by atoms with E-state index < -0.39 is 0 Å². The zero-order valence-electron chi connectivity index (χ0n) is 15.4. The van der Waals surface area contributed by atoms with E-state index in [0.29, 0.717) is 30.4 Å². The second kappa shape index (κ2) is 12.1. The average molecular weight is 482 g/mol. The molecule has 5 nitrogen and oxygen atoms in total. The Hall–Kier alpha value is -2.34. The normalized spacial score (nSPS) is 11.7. The van der Waals surface area contributed by atoms with E-state index in [2.05, 4.69) is 21.7 Å². The third-order valence-electron chi connectivity index (χ3n) is 3.51. The van der Waals surface area contributed by atoms with Crippen LogP contribution in [0.15, 0.2) is 53.5 Å². The number of nitrogens with one attached hydrogen (secondary N) is 2. The first-order valence-corrected chi connectivity index (χ1v) is 8.54. The van der Waals surface area contributed by atoms with Crippen LogP contribution in [-0.4, -0.2) is 25.2 Å². The molecule has 0 heterocycles. The molecule has 0 fully saturated rings. The van der Waals surface area contributed by atoms with Crippen LogP contribution in [0.2, 0.25) is 0 Å². The number of nitriles is 1. The smallest absolute Gasteiger partial charge is 0.191 e. The fourth-order valence-electron chi connectivity index (χ4n) is 2.31. The van der Waals surface area contributed by atoms with Crippen LogP contribution in [0.3, 0.4) is 0 Å². The number of guanidine groups is 1. The number of ether oxygens (including phenoxy) is 1. The number of nitrogens with zero attached hydrogens (tertiary/aromatic N) is 2. The molecule has 0 aliphatic carbocycles. The van der Waals surface area contributed by atoms with E-state index in [9.17, 15) is 4.39 Å². The largest absolute Gasteiger partial charge is 0.489 e. The minimum atomic E-state index is -0.322. The lowest BCUT2D eigenvalue weighted by atomic mass is 10.1. The van der Waals surface area contributed by atoms with Gasteiger partial charge in [-0.3, -0.25) is 0 Å². The minimum absolute atomic E-state index is 0. The van der Waals surface area contributed by atoms with Gasteiger partial charge in [-0.2, -0.15) is 5.26 Å². The van der Waals surface area contributed by atoms with Crippen molar-refractivity contribution in [2.75, 3.05) is 13.1 Å². The Balaban J connectivity index is 0.00000364. The third-order valence-corrected chi connectivity index (χ3v) is 3.51. The first-order chi connectivity index (χ1) is 12.6. The lowest BCUT2D eigenvalue weighted by Crippen LogP contribution is -2.41. The van der Waals surface area contributed by atoms with Gasteiger partial charge >= 0.3 is 0 Å². The molecule has 0 radical (unpaired) electrons. The molecule has 0 saturated carbocycles. The molecule has 7 heteroatoms. The van der Waals surface area contributed by atoms with E-state index in [4.69, 9.17) is 10.00 Å². The van der Waals surface area contributed by atoms with Crippen LogP contribution in [0, 0.1) is 17.1 Å². The van der Waals surface area contributed by atoms with Crippen LogP contribution in [0.1, 0.15) is 25.0 Å². The van der Waals surface area contributed by atoms with Gasteiger partial charge < -0.3 is 15.4 Å². The summed E-state index contributed by atoms with van der Waals surface area (Å²) in [6.07, 6.45) is -0.164. The molecule has 144 valence electrons. The van der Waals surface area contributed by atoms with Crippen LogP contribution in [-0.2, 0) is 6.54 Å². The Labute approximate surface area is 176 Å². The predicted molar refractivity (Wildman–Crippen MR) is 116 cm³/mol. The SMILES string of the molecule is CCNC(=NCc1cccc(C#N)c1)NCC(C)Oc1cccc(F)c1.I. The second-order valence-electron chi connectivity index (χ2n) is 5.77. The molecular weight excluding hydrogens is 458 g/mol. The highest BCUT2D eigenvalue weighted by molar-refractivity contribution is 14.0. The molecule has 0 bridgehead atoms. The molecule has 0 spiro atoms. The van der Waals surface area contributed by atoms with E-state index >= 15 is 0 Å². The van der Waals surface area contributed by atoms with Gasteiger partial charge in [0, 0.05) is 12.6 Å². The van der Waals surface area contributed by atoms with Gasteiger partial charge in [0.05, 0.1) is 24.7 Å². The average Bonchev–Trinajstić information content (AvgIpc) is 2.64. The lowest BCUT2D eigenvalue weighted by molar-refractivity contribution is 0.223. The Morgan fingerprint density at radius 1 is 1.22 bits per heavy atom. The number of aliphatic imine (C=N–C) groups is 1. The fourth-order valence-corrected chi connectivity index (χ4v) is 2.31. The highest BCUT2D eigenvalue weighted by Gasteiger charge is 2.06. The van der Waals surface area contributed by atoms with Crippen LogP contribution in [0.5, 0.6) is 5.75 Å². The Morgan fingerprint density at radius 3 is 2.70 bits per heavy atom. The van der Waals surface area contributed by atoms with E-state index in [1.807, 2.05) is 32.0 Å². The number of benzene rings is 2. The summed E-state index contributed by atoms with van der Waals surface area (Å²) in [5, 5.41) is 15.3. The third kappa shape index (κ3) is 8.26. The van der Waals surface area contributed by atoms with Gasteiger partial charge in [0.15, 0.2) is 5.96 Å². The Morgan fingerprint density at radius 2 is 2.00 bits per heavy atom. The van der Waals surface area contributed by atoms with Crippen molar-refractivity contribution in [3.8, 4) is 11.8 Å². The molecule has 2 rings (SSSR count). The maximum Gasteiger partial charge on any atom is 0.191 e. The summed E-state index contributed by atoms with van der Waals surface area (Å²) < 4.78 is 18.9. The molecular formula is C20H24FIN4O. The van der Waals surface area contributed by atoms with Crippen LogP contribution in [0.4, 0.5) is 4.39 Å². The Kier molecular flexibility index (Phi) is 10.2. The van der Waals surface area contributed by atoms with Gasteiger partial charge in [0.25, 0.3) is 0 Å². The van der Waals surface area contributed by atoms with Crippen molar-refractivity contribution >= 4 is 29.9 Å². The van der Waals surface area contributed by atoms with Crippen molar-refractivity contribution in [2.24, 2.45) is 4.99 Å². The van der Waals surface area contributed by atoms with Gasteiger partial charge in [-0.1, -0.05) is 18.2 Å². The summed E-state index contributed by atoms with van der Waals surface area (Å²) in [5.41, 5.74) is 1.58. The molecule has 2 aromatic carbocycles. The van der Waals surface area contributed by atoms with Crippen molar-refractivity contribution in [1.82, 2.24) is 10.6 Å². The van der Waals surface area contributed by atoms with Gasteiger partial charge in [0.2, 0.25) is 0 Å². The second-order valence-corrected chi connectivity index (χ2v) is 5.77. The zero-order chi connectivity index (χ0) is 18.8. The van der Waals surface area contributed by atoms with Gasteiger partial charge in [-0.05, 0) is 43.7 Å². The minimum Gasteiger partial charge on any atom is -0.489 e. The molecule has 0 saturated heterocycles. The maximum atomic E-state index is 13.2. The Bertz CT molecular complexity index is 792. The molecule has 0 aliphatic heterocycles. The van der Waals surface area contributed by atoms with Crippen LogP contribution >= 0.6 is 24.0 Å². The number of rotatable bonds is 7. The van der Waals surface area contributed by atoms with Crippen molar-refractivity contribution in [3.63, 3.8) is 0 Å². The van der Waals surface area contributed by atoms with Gasteiger partial charge in [-0.25, -0.2) is 9.38 Å². The first kappa shape index (κ1) is 22.7. The molecule has 1 atom stereocenters. The molecule has 2 N–H and O–H groups in total. The van der Waals surface area contributed by atoms with Crippen molar-refractivity contribution < 1.29 is 9.13 Å². The molecule has 2 aromatic rings. The molecule has 0 amide bonds. The number of hydrogen-bond donors (Lipinski definition) is 2. The predicted octanol–water partition coefficient (Wildman–Crippen LogP) is 3.84. The van der Waals surface area contributed by atoms with Crippen molar-refractivity contribution in [2.45, 2.75) is 26.5 Å². The van der Waals surface area contributed by atoms with Crippen molar-refractivity contribution in [3.05, 3.63) is 65.5 Å². The summed E-state index contributed by atoms with van der Waals surface area (Å²) in [7, 11) is 0. The monoisotopic (exact) mass is 482 g/mol. The van der Waals surface area contributed by atoms with E-state index in [1.54, 1.807) is 18.2 Å². The fraction of sp³-hybridized carbons (Fsp3) is 0.300. The lowest BCUT2D eigenvalue weighted by Gasteiger charge is -2.17. The molecule has 0 aromatic heterocycles. The highest BCUT2D eigenvalue weighted by Crippen LogP contribution is 2.13. The topological polar surface area (TPSA) is 69.4 Å². The van der Waals surface area contributed by atoms with E-state index in [0.717, 1.165) is 12.1 Å². The quantitative estimate of drug-likeness (QED) is 0.358. The molecule has 27 heavy (non-hydrogen) atoms.